The van der Waals surface area contributed by atoms with Gasteiger partial charge in [-0.2, -0.15) is 0 Å². The largest absolute Gasteiger partial charge is 0.427 e. The highest BCUT2D eigenvalue weighted by atomic mass is 79.9. The summed E-state index contributed by atoms with van der Waals surface area (Å²) in [7, 11) is 0. The number of rotatable bonds is 7. The van der Waals surface area contributed by atoms with Crippen LogP contribution in [0.5, 0.6) is 5.75 Å². The van der Waals surface area contributed by atoms with E-state index < -0.39 is 11.0 Å². The van der Waals surface area contributed by atoms with Crippen LogP contribution < -0.4 is 10.1 Å². The second kappa shape index (κ2) is 10.8. The predicted octanol–water partition coefficient (Wildman–Crippen LogP) is 4.68. The van der Waals surface area contributed by atoms with Crippen LogP contribution in [0.15, 0.2) is 58.9 Å². The number of benzene rings is 1. The van der Waals surface area contributed by atoms with Crippen molar-refractivity contribution in [2.45, 2.75) is 49.7 Å². The van der Waals surface area contributed by atoms with Gasteiger partial charge in [0.05, 0.1) is 5.60 Å². The highest BCUT2D eigenvalue weighted by Gasteiger charge is 2.57. The zero-order valence-electron chi connectivity index (χ0n) is 19.8. The molecule has 2 fully saturated rings. The van der Waals surface area contributed by atoms with E-state index >= 15 is 0 Å². The number of aliphatic hydroxyl groups is 1. The fourth-order valence-corrected chi connectivity index (χ4v) is 6.90. The molecule has 6 nitrogen and oxygen atoms in total. The predicted molar refractivity (Wildman–Crippen MR) is 142 cm³/mol. The summed E-state index contributed by atoms with van der Waals surface area (Å²) in [5, 5.41) is 17.2. The maximum Gasteiger partial charge on any atom is 0.308 e. The van der Waals surface area contributed by atoms with Crippen molar-refractivity contribution in [3.8, 4) is 5.75 Å². The lowest BCUT2D eigenvalue weighted by molar-refractivity contribution is -0.132. The number of esters is 1. The molecule has 1 amide bonds. The monoisotopic (exact) mass is 558 g/mol. The molecule has 1 aromatic carbocycles. The number of nitrogens with one attached hydrogen (secondary N) is 1. The fraction of sp³-hybridized carbons (Fsp3) is 0.407. The second-order valence-corrected chi connectivity index (χ2v) is 11.3. The van der Waals surface area contributed by atoms with E-state index in [1.807, 2.05) is 41.8 Å². The molecule has 0 bridgehead atoms. The average Bonchev–Trinajstić information content (AvgIpc) is 3.23. The second-order valence-electron chi connectivity index (χ2n) is 9.46. The van der Waals surface area contributed by atoms with Crippen LogP contribution in [0.4, 0.5) is 0 Å². The number of likely N-dealkylation sites (tertiary alicyclic amines) is 1. The van der Waals surface area contributed by atoms with E-state index in [1.165, 1.54) is 6.92 Å². The standard InChI is InChI=1S/C27H31BrN2O4S/c1-3-12-30-13-11-26(20-5-4-6-23(14-20)34-19(2)31)16-22(9-10-27(26,33)18-30)29-25(32)8-7-24-15-21(28)17-35-24/h3-8,14-15,17,22,33H,1,9-13,16,18H2,2H3,(H,29,32)/b8-7+/t22-,26-,27-/m0/s1. The summed E-state index contributed by atoms with van der Waals surface area (Å²) >= 11 is 5.00. The van der Waals surface area contributed by atoms with Crippen molar-refractivity contribution in [2.24, 2.45) is 0 Å². The van der Waals surface area contributed by atoms with Gasteiger partial charge in [0.1, 0.15) is 5.75 Å². The number of carbonyl (C=O) groups is 2. The summed E-state index contributed by atoms with van der Waals surface area (Å²) in [6, 6.07) is 9.38. The first-order valence-electron chi connectivity index (χ1n) is 11.8. The Morgan fingerprint density at radius 3 is 2.91 bits per heavy atom. The van der Waals surface area contributed by atoms with Crippen LogP contribution >= 0.6 is 27.3 Å². The number of β-amino-alcohol motifs (C(OH)–C–C–N with tert-alkyl or cyclic N) is 1. The number of carbonyl (C=O) groups excluding carboxylic acids is 2. The van der Waals surface area contributed by atoms with Crippen molar-refractivity contribution in [3.05, 3.63) is 69.4 Å². The Kier molecular flexibility index (Phi) is 7.96. The summed E-state index contributed by atoms with van der Waals surface area (Å²) in [4.78, 5) is 27.5. The van der Waals surface area contributed by atoms with Crippen molar-refractivity contribution in [3.63, 3.8) is 0 Å². The minimum absolute atomic E-state index is 0.0779. The Morgan fingerprint density at radius 2 is 2.20 bits per heavy atom. The van der Waals surface area contributed by atoms with E-state index in [0.29, 0.717) is 31.6 Å². The number of halogens is 1. The van der Waals surface area contributed by atoms with E-state index in [1.54, 1.807) is 23.5 Å². The molecular weight excluding hydrogens is 528 g/mol. The Morgan fingerprint density at radius 1 is 1.37 bits per heavy atom. The van der Waals surface area contributed by atoms with Crippen molar-refractivity contribution in [1.29, 1.82) is 0 Å². The maximum absolute atomic E-state index is 12.7. The molecule has 1 saturated heterocycles. The van der Waals surface area contributed by atoms with Gasteiger partial charge in [0.2, 0.25) is 5.91 Å². The lowest BCUT2D eigenvalue weighted by Gasteiger charge is -2.58. The minimum atomic E-state index is -0.969. The molecule has 4 rings (SSSR count). The van der Waals surface area contributed by atoms with E-state index in [9.17, 15) is 14.7 Å². The first kappa shape index (κ1) is 25.8. The van der Waals surface area contributed by atoms with Gasteiger partial charge in [-0.15, -0.1) is 17.9 Å². The molecule has 3 atom stereocenters. The van der Waals surface area contributed by atoms with E-state index in [2.05, 4.69) is 32.7 Å². The smallest absolute Gasteiger partial charge is 0.308 e. The van der Waals surface area contributed by atoms with Gasteiger partial charge in [0.15, 0.2) is 0 Å². The van der Waals surface area contributed by atoms with Crippen LogP contribution in [0.2, 0.25) is 0 Å². The molecule has 2 heterocycles. The third-order valence-corrected chi connectivity index (χ3v) is 8.76. The summed E-state index contributed by atoms with van der Waals surface area (Å²) in [5.41, 5.74) is -0.599. The van der Waals surface area contributed by atoms with Crippen molar-refractivity contribution in [2.75, 3.05) is 19.6 Å². The summed E-state index contributed by atoms with van der Waals surface area (Å²) in [6.07, 6.45) is 7.84. The third-order valence-electron chi connectivity index (χ3n) is 7.10. The van der Waals surface area contributed by atoms with Gasteiger partial charge in [-0.3, -0.25) is 14.5 Å². The highest BCUT2D eigenvalue weighted by molar-refractivity contribution is 9.10. The van der Waals surface area contributed by atoms with Crippen LogP contribution in [-0.2, 0) is 15.0 Å². The molecule has 1 aromatic heterocycles. The maximum atomic E-state index is 12.7. The molecular formula is C27H31BrN2O4S. The quantitative estimate of drug-likeness (QED) is 0.223. The summed E-state index contributed by atoms with van der Waals surface area (Å²) < 4.78 is 6.35. The molecule has 1 saturated carbocycles. The summed E-state index contributed by atoms with van der Waals surface area (Å²) in [6.45, 7) is 7.29. The van der Waals surface area contributed by atoms with E-state index in [-0.39, 0.29) is 17.9 Å². The van der Waals surface area contributed by atoms with Gasteiger partial charge < -0.3 is 15.2 Å². The molecule has 0 radical (unpaired) electrons. The molecule has 2 aromatic rings. The van der Waals surface area contributed by atoms with E-state index in [4.69, 9.17) is 4.74 Å². The van der Waals surface area contributed by atoms with E-state index in [0.717, 1.165) is 34.4 Å². The molecule has 1 aliphatic heterocycles. The zero-order chi connectivity index (χ0) is 25.1. The third kappa shape index (κ3) is 5.77. The number of hydrogen-bond acceptors (Lipinski definition) is 6. The SMILES string of the molecule is C=CCN1CC[C@@]2(c3cccc(OC(C)=O)c3)C[C@@H](NC(=O)/C=C/c3cc(Br)cs3)CC[C@]2(O)C1. The van der Waals surface area contributed by atoms with Crippen LogP contribution in [0.1, 0.15) is 43.0 Å². The fourth-order valence-electron chi connectivity index (χ4n) is 5.57. The molecule has 1 aliphatic carbocycles. The van der Waals surface area contributed by atoms with Crippen molar-refractivity contribution >= 4 is 45.2 Å². The number of amides is 1. The molecule has 8 heteroatoms. The summed E-state index contributed by atoms with van der Waals surface area (Å²) in [5.74, 6) is -0.0524. The average molecular weight is 560 g/mol. The zero-order valence-corrected chi connectivity index (χ0v) is 22.2. The Balaban J connectivity index is 1.59. The van der Waals surface area contributed by atoms with Gasteiger partial charge in [-0.1, -0.05) is 18.2 Å². The van der Waals surface area contributed by atoms with Crippen LogP contribution in [0, 0.1) is 0 Å². The molecule has 35 heavy (non-hydrogen) atoms. The molecule has 0 unspecified atom stereocenters. The molecule has 186 valence electrons. The first-order chi connectivity index (χ1) is 16.7. The lowest BCUT2D eigenvalue weighted by Crippen LogP contribution is -2.67. The van der Waals surface area contributed by atoms with Gasteiger partial charge in [0.25, 0.3) is 0 Å². The first-order valence-corrected chi connectivity index (χ1v) is 13.5. The Labute approximate surface area is 218 Å². The van der Waals surface area contributed by atoms with Gasteiger partial charge in [0, 0.05) is 52.3 Å². The number of thiophene rings is 1. The number of ether oxygens (including phenoxy) is 1. The van der Waals surface area contributed by atoms with Crippen LogP contribution in [0.25, 0.3) is 6.08 Å². The minimum Gasteiger partial charge on any atom is -0.427 e. The Hall–Kier alpha value is -2.26. The van der Waals surface area contributed by atoms with Crippen LogP contribution in [-0.4, -0.2) is 53.2 Å². The normalized spacial score (nSPS) is 26.8. The van der Waals surface area contributed by atoms with Crippen LogP contribution in [0.3, 0.4) is 0 Å². The topological polar surface area (TPSA) is 78.9 Å². The number of piperidine rings is 1. The van der Waals surface area contributed by atoms with Gasteiger partial charge in [-0.05, 0) is 78.0 Å². The molecule has 2 N–H and O–H groups in total. The van der Waals surface area contributed by atoms with Gasteiger partial charge in [-0.25, -0.2) is 0 Å². The lowest BCUT2D eigenvalue weighted by atomic mass is 9.55. The highest BCUT2D eigenvalue weighted by Crippen LogP contribution is 2.52. The number of hydrogen-bond donors (Lipinski definition) is 2. The Bertz CT molecular complexity index is 1130. The molecule has 0 spiro atoms. The van der Waals surface area contributed by atoms with Crippen molar-refractivity contribution in [1.82, 2.24) is 10.2 Å². The van der Waals surface area contributed by atoms with Crippen molar-refractivity contribution < 1.29 is 19.4 Å². The number of fused-ring (bicyclic) bond motifs is 1. The van der Waals surface area contributed by atoms with Gasteiger partial charge >= 0.3 is 5.97 Å². The number of nitrogens with zero attached hydrogens (tertiary/aromatic N) is 1. The molecule has 2 aliphatic rings.